The second kappa shape index (κ2) is 12.6. The van der Waals surface area contributed by atoms with E-state index in [9.17, 15) is 45.3 Å². The molecule has 0 saturated carbocycles. The number of piperidine rings is 1. The molecule has 0 unspecified atom stereocenters. The largest absolute Gasteiger partial charge is 1.00 e. The van der Waals surface area contributed by atoms with Crippen molar-refractivity contribution >= 4 is 39.9 Å². The summed E-state index contributed by atoms with van der Waals surface area (Å²) in [7, 11) is -5.13. The molecule has 0 radical (unpaired) electrons. The van der Waals surface area contributed by atoms with Crippen molar-refractivity contribution in [3.63, 3.8) is 0 Å². The fraction of sp³-hybridized carbons (Fsp3) is 0.500. The van der Waals surface area contributed by atoms with E-state index in [0.717, 1.165) is 9.47 Å². The van der Waals surface area contributed by atoms with Crippen LogP contribution in [-0.4, -0.2) is 87.5 Å². The number of carboxylic acid groups (broad SMARTS) is 1. The van der Waals surface area contributed by atoms with Crippen LogP contribution in [0.5, 0.6) is 0 Å². The smallest absolute Gasteiger partial charge is 0.724 e. The Balaban J connectivity index is 0.000000754. The van der Waals surface area contributed by atoms with Crippen molar-refractivity contribution in [2.45, 2.75) is 37.6 Å². The molecule has 3 heterocycles. The van der Waals surface area contributed by atoms with Crippen LogP contribution in [0, 0.1) is 0 Å². The maximum atomic E-state index is 12.4. The van der Waals surface area contributed by atoms with E-state index >= 15 is 0 Å². The second-order valence-electron chi connectivity index (χ2n) is 7.30. The molecule has 2 atom stereocenters. The van der Waals surface area contributed by atoms with Gasteiger partial charge in [-0.3, -0.25) is 14.2 Å². The number of ketones is 1. The summed E-state index contributed by atoms with van der Waals surface area (Å²) in [5.74, 6) is -4.11. The van der Waals surface area contributed by atoms with E-state index in [2.05, 4.69) is 14.6 Å². The number of halogens is 3. The molecule has 1 aromatic heterocycles. The number of nitrogen functional groups attached to an aromatic ring is 1. The summed E-state index contributed by atoms with van der Waals surface area (Å²) in [6, 6.07) is -1.18. The first-order chi connectivity index (χ1) is 16.5. The Morgan fingerprint density at radius 1 is 1.24 bits per heavy atom. The summed E-state index contributed by atoms with van der Waals surface area (Å²) < 4.78 is 69.0. The minimum Gasteiger partial charge on any atom is -0.724 e. The summed E-state index contributed by atoms with van der Waals surface area (Å²) in [5.41, 5.74) is 4.65. The number of carbonyl (C=O) groups is 4. The van der Waals surface area contributed by atoms with Gasteiger partial charge in [0.25, 0.3) is 0 Å². The third kappa shape index (κ3) is 9.23. The van der Waals surface area contributed by atoms with Gasteiger partial charge >= 0.3 is 47.5 Å². The van der Waals surface area contributed by atoms with Gasteiger partial charge in [0.2, 0.25) is 16.3 Å². The summed E-state index contributed by atoms with van der Waals surface area (Å²) in [6.45, 7) is -0.718. The van der Waals surface area contributed by atoms with Gasteiger partial charge in [-0.05, 0) is 18.9 Å². The Morgan fingerprint density at radius 2 is 1.84 bits per heavy atom. The Labute approximate surface area is 227 Å². The number of nitrogens with zero attached hydrogens (tertiary/aromatic N) is 4. The Morgan fingerprint density at radius 3 is 2.35 bits per heavy atom. The van der Waals surface area contributed by atoms with E-state index in [4.69, 9.17) is 15.6 Å². The van der Waals surface area contributed by atoms with Crippen LogP contribution in [-0.2, 0) is 35.6 Å². The monoisotopic (exact) mass is 565 g/mol. The molecule has 21 heteroatoms. The van der Waals surface area contributed by atoms with Crippen molar-refractivity contribution in [2.24, 2.45) is 0 Å². The van der Waals surface area contributed by atoms with Gasteiger partial charge in [0.1, 0.15) is 17.8 Å². The van der Waals surface area contributed by atoms with E-state index in [1.807, 2.05) is 0 Å². The third-order valence-corrected chi connectivity index (χ3v) is 5.07. The molecule has 2 saturated heterocycles. The molecule has 2 fully saturated rings. The standard InChI is InChI=1S/C14H18N6O8S.C2HF3O2.Na/c15-11-3-4-18(13(23)17-11)7-9(21)5-16-12(22)10-2-1-8-6-19(10)14(24)20(8)28-29(25,26)27;3-2(4,5)1(6)7;/h3-4,8,10H,1-2,5-7H2,(H,16,22)(H2,15,17,23)(H,25,26,27);(H,6,7);/q;;+1/p-2/t8-,10+;;/m1../s1. The van der Waals surface area contributed by atoms with Crippen molar-refractivity contribution in [3.8, 4) is 0 Å². The second-order valence-corrected chi connectivity index (χ2v) is 8.26. The first-order valence-electron chi connectivity index (χ1n) is 9.65. The Hall–Kier alpha value is -2.78. The number of hydrogen-bond acceptors (Lipinski definition) is 12. The summed E-state index contributed by atoms with van der Waals surface area (Å²) in [6.07, 6.45) is -3.47. The van der Waals surface area contributed by atoms with Gasteiger partial charge in [-0.15, -0.1) is 0 Å². The van der Waals surface area contributed by atoms with Gasteiger partial charge in [-0.1, -0.05) is 0 Å². The van der Waals surface area contributed by atoms with Crippen LogP contribution in [0.25, 0.3) is 0 Å². The number of urea groups is 1. The minimum absolute atomic E-state index is 0. The Bertz CT molecular complexity index is 1210. The number of carboxylic acids is 1. The number of aromatic nitrogens is 2. The molecular weight excluding hydrogens is 548 g/mol. The molecule has 2 aliphatic heterocycles. The van der Waals surface area contributed by atoms with E-state index in [-0.39, 0.29) is 61.3 Å². The van der Waals surface area contributed by atoms with Crippen LogP contribution in [0.1, 0.15) is 12.8 Å². The molecule has 2 aliphatic rings. The maximum Gasteiger partial charge on any atom is 1.00 e. The summed E-state index contributed by atoms with van der Waals surface area (Å²) in [5, 5.41) is 11.6. The first kappa shape index (κ1) is 32.2. The zero-order valence-corrected chi connectivity index (χ0v) is 21.7. The number of Topliss-reactive ketones (excluding diaryl/α,β-unsaturated/α-hetero) is 1. The third-order valence-electron chi connectivity index (χ3n) is 4.73. The van der Waals surface area contributed by atoms with Gasteiger partial charge in [0.05, 0.1) is 19.1 Å². The van der Waals surface area contributed by atoms with Crippen LogP contribution >= 0.6 is 0 Å². The predicted molar refractivity (Wildman–Crippen MR) is 104 cm³/mol. The zero-order chi connectivity index (χ0) is 27.4. The van der Waals surface area contributed by atoms with Crippen LogP contribution in [0.4, 0.5) is 23.8 Å². The Kier molecular flexibility index (Phi) is 11.0. The van der Waals surface area contributed by atoms with E-state index < -0.39 is 64.6 Å². The van der Waals surface area contributed by atoms with E-state index in [0.29, 0.717) is 5.06 Å². The van der Waals surface area contributed by atoms with Gasteiger partial charge in [-0.2, -0.15) is 27.5 Å². The van der Waals surface area contributed by atoms with Crippen molar-refractivity contribution in [1.29, 1.82) is 0 Å². The quantitative estimate of drug-likeness (QED) is 0.178. The minimum atomic E-state index is -5.19. The van der Waals surface area contributed by atoms with Crippen LogP contribution < -0.4 is 51.4 Å². The molecule has 1 aromatic rings. The van der Waals surface area contributed by atoms with Crippen molar-refractivity contribution in [2.75, 3.05) is 18.8 Å². The molecule has 0 aromatic carbocycles. The normalized spacial score (nSPS) is 18.9. The van der Waals surface area contributed by atoms with Crippen molar-refractivity contribution in [1.82, 2.24) is 24.8 Å². The van der Waals surface area contributed by atoms with Gasteiger partial charge in [-0.25, -0.2) is 18.0 Å². The number of rotatable bonds is 7. The number of amides is 3. The topological polar surface area (TPSA) is 237 Å². The number of anilines is 1. The average molecular weight is 565 g/mol. The number of alkyl halides is 3. The fourth-order valence-electron chi connectivity index (χ4n) is 3.21. The molecule has 16 nitrogen and oxygen atoms in total. The number of hydrogen-bond donors (Lipinski definition) is 2. The van der Waals surface area contributed by atoms with E-state index in [1.165, 1.54) is 12.3 Å². The SMILES string of the molecule is Nc1ccn(CC(=O)CNC(=O)[C@@H]2CC[C@@H]3CN2C(=O)N3OS(=O)(=O)[O-])c(=O)n1.O=C([O-])C(F)(F)F.[Na+]. The number of nitrogens with one attached hydrogen (secondary N) is 1. The van der Waals surface area contributed by atoms with Crippen molar-refractivity contribution < 1.29 is 84.3 Å². The molecule has 0 aliphatic carbocycles. The molecule has 3 N–H and O–H groups in total. The maximum absolute atomic E-state index is 12.4. The number of carbonyl (C=O) groups excluding carboxylic acids is 4. The number of hydroxylamine groups is 2. The van der Waals surface area contributed by atoms with Crippen LogP contribution in [0.3, 0.4) is 0 Å². The summed E-state index contributed by atoms with van der Waals surface area (Å²) >= 11 is 0. The number of fused-ring (bicyclic) bond motifs is 2. The molecule has 0 spiro atoms. The zero-order valence-electron chi connectivity index (χ0n) is 18.8. The van der Waals surface area contributed by atoms with Crippen molar-refractivity contribution in [3.05, 3.63) is 22.7 Å². The predicted octanol–water partition coefficient (Wildman–Crippen LogP) is -6.53. The van der Waals surface area contributed by atoms with Gasteiger partial charge in [0, 0.05) is 12.7 Å². The number of aliphatic carboxylic acids is 1. The molecular formula is C16H17F3N6NaO10S-. The molecule has 200 valence electrons. The van der Waals surface area contributed by atoms with Crippen LogP contribution in [0.2, 0.25) is 0 Å². The number of nitrogens with two attached hydrogens (primary N) is 1. The summed E-state index contributed by atoms with van der Waals surface area (Å²) in [4.78, 5) is 61.6. The fourth-order valence-corrected chi connectivity index (χ4v) is 3.59. The molecule has 37 heavy (non-hydrogen) atoms. The molecule has 3 amide bonds. The van der Waals surface area contributed by atoms with Gasteiger partial charge < -0.3 is 30.4 Å². The molecule has 2 bridgehead atoms. The van der Waals surface area contributed by atoms with Gasteiger partial charge in [0.15, 0.2) is 5.78 Å². The van der Waals surface area contributed by atoms with E-state index in [1.54, 1.807) is 0 Å². The molecule has 3 rings (SSSR count). The van der Waals surface area contributed by atoms with Crippen LogP contribution in [0.15, 0.2) is 17.1 Å². The first-order valence-corrected chi connectivity index (χ1v) is 11.0. The average Bonchev–Trinajstić information content (AvgIpc) is 2.97.